The number of aryl methyl sites for hydroxylation is 2. The van der Waals surface area contributed by atoms with E-state index in [-0.39, 0.29) is 24.8 Å². The number of hydrogen-bond donors (Lipinski definition) is 1. The molecule has 4 rings (SSSR count). The number of fused-ring (bicyclic) bond motifs is 1. The number of rotatable bonds is 4. The molecule has 1 N–H and O–H groups in total. The molecule has 0 bridgehead atoms. The molecule has 152 valence electrons. The first-order valence-electron chi connectivity index (χ1n) is 9.49. The molecular weight excluding hydrogens is 418 g/mol. The lowest BCUT2D eigenvalue weighted by Crippen LogP contribution is -2.38. The highest BCUT2D eigenvalue weighted by Crippen LogP contribution is 2.36. The summed E-state index contributed by atoms with van der Waals surface area (Å²) in [6, 6.07) is 14.7. The van der Waals surface area contributed by atoms with E-state index in [1.807, 2.05) is 43.5 Å². The van der Waals surface area contributed by atoms with Gasteiger partial charge in [0.05, 0.1) is 23.5 Å². The first-order chi connectivity index (χ1) is 14.4. The van der Waals surface area contributed by atoms with Crippen molar-refractivity contribution in [2.24, 2.45) is 4.99 Å². The summed E-state index contributed by atoms with van der Waals surface area (Å²) in [4.78, 5) is 33.2. The summed E-state index contributed by atoms with van der Waals surface area (Å²) in [6.07, 6.45) is 0.140. The lowest BCUT2D eigenvalue weighted by Gasteiger charge is -2.23. The molecule has 2 amide bonds. The SMILES string of the molecule is Cc1cc2c(cc1C)N(CC(=O)Nc1ccc(Cl)cc1)C(=O)CC(c1cccs1)=N2. The first-order valence-corrected chi connectivity index (χ1v) is 10.7. The van der Waals surface area contributed by atoms with Gasteiger partial charge in [-0.3, -0.25) is 9.59 Å². The molecule has 0 saturated heterocycles. The monoisotopic (exact) mass is 437 g/mol. The van der Waals surface area contributed by atoms with Gasteiger partial charge in [0.2, 0.25) is 11.8 Å². The van der Waals surface area contributed by atoms with Crippen LogP contribution in [0.2, 0.25) is 5.02 Å². The van der Waals surface area contributed by atoms with Crippen LogP contribution in [-0.4, -0.2) is 24.1 Å². The molecule has 0 spiro atoms. The number of anilines is 2. The maximum Gasteiger partial charge on any atom is 0.244 e. The number of carbonyl (C=O) groups excluding carboxylic acids is 2. The van der Waals surface area contributed by atoms with Gasteiger partial charge in [0, 0.05) is 15.6 Å². The molecule has 0 aliphatic carbocycles. The van der Waals surface area contributed by atoms with Crippen LogP contribution in [0.1, 0.15) is 22.4 Å². The largest absolute Gasteiger partial charge is 0.325 e. The van der Waals surface area contributed by atoms with Crippen molar-refractivity contribution in [1.29, 1.82) is 0 Å². The zero-order chi connectivity index (χ0) is 21.3. The van der Waals surface area contributed by atoms with Gasteiger partial charge in [-0.1, -0.05) is 17.7 Å². The quantitative estimate of drug-likeness (QED) is 0.584. The second-order valence-corrected chi connectivity index (χ2v) is 8.56. The molecule has 0 saturated carbocycles. The lowest BCUT2D eigenvalue weighted by molar-refractivity contribution is -0.120. The van der Waals surface area contributed by atoms with E-state index in [0.717, 1.165) is 21.7 Å². The maximum atomic E-state index is 13.2. The van der Waals surface area contributed by atoms with Crippen LogP contribution in [0.4, 0.5) is 17.1 Å². The van der Waals surface area contributed by atoms with Crippen LogP contribution >= 0.6 is 22.9 Å². The summed E-state index contributed by atoms with van der Waals surface area (Å²) < 4.78 is 0. The van der Waals surface area contributed by atoms with Crippen LogP contribution in [0.3, 0.4) is 0 Å². The summed E-state index contributed by atoms with van der Waals surface area (Å²) in [5.74, 6) is -0.440. The number of carbonyl (C=O) groups is 2. The summed E-state index contributed by atoms with van der Waals surface area (Å²) in [6.45, 7) is 3.91. The van der Waals surface area contributed by atoms with E-state index in [4.69, 9.17) is 16.6 Å². The Bertz CT molecular complexity index is 1140. The zero-order valence-corrected chi connectivity index (χ0v) is 18.2. The average Bonchev–Trinajstić information content (AvgIpc) is 3.21. The van der Waals surface area contributed by atoms with Crippen molar-refractivity contribution in [3.05, 3.63) is 74.9 Å². The smallest absolute Gasteiger partial charge is 0.244 e. The number of nitrogens with zero attached hydrogens (tertiary/aromatic N) is 2. The van der Waals surface area contributed by atoms with Crippen LogP contribution < -0.4 is 10.2 Å². The van der Waals surface area contributed by atoms with Gasteiger partial charge in [0.25, 0.3) is 0 Å². The normalized spacial score (nSPS) is 13.5. The van der Waals surface area contributed by atoms with Gasteiger partial charge in [0.1, 0.15) is 6.54 Å². The summed E-state index contributed by atoms with van der Waals surface area (Å²) in [5, 5.41) is 5.38. The van der Waals surface area contributed by atoms with Crippen molar-refractivity contribution < 1.29 is 9.59 Å². The van der Waals surface area contributed by atoms with Crippen LogP contribution in [0.15, 0.2) is 58.9 Å². The molecular formula is C23H20ClN3O2S. The predicted molar refractivity (Wildman–Crippen MR) is 123 cm³/mol. The third kappa shape index (κ3) is 4.30. The van der Waals surface area contributed by atoms with Gasteiger partial charge in [-0.05, 0) is 72.8 Å². The fourth-order valence-electron chi connectivity index (χ4n) is 3.29. The molecule has 0 radical (unpaired) electrons. The Morgan fingerprint density at radius 3 is 2.60 bits per heavy atom. The summed E-state index contributed by atoms with van der Waals surface area (Å²) >= 11 is 7.45. The highest BCUT2D eigenvalue weighted by atomic mass is 35.5. The molecule has 0 atom stereocenters. The van der Waals surface area contributed by atoms with Gasteiger partial charge >= 0.3 is 0 Å². The number of amides is 2. The predicted octanol–water partition coefficient (Wildman–Crippen LogP) is 5.51. The molecule has 0 fully saturated rings. The minimum atomic E-state index is -0.283. The number of halogens is 1. The summed E-state index contributed by atoms with van der Waals surface area (Å²) in [5.41, 5.74) is 4.83. The highest BCUT2D eigenvalue weighted by Gasteiger charge is 2.27. The Labute approximate surface area is 184 Å². The van der Waals surface area contributed by atoms with Crippen molar-refractivity contribution in [1.82, 2.24) is 0 Å². The minimum Gasteiger partial charge on any atom is -0.325 e. The minimum absolute atomic E-state index is 0.0931. The Balaban J connectivity index is 1.66. The highest BCUT2D eigenvalue weighted by molar-refractivity contribution is 7.12. The van der Waals surface area contributed by atoms with E-state index in [9.17, 15) is 9.59 Å². The van der Waals surface area contributed by atoms with Gasteiger partial charge in [-0.2, -0.15) is 0 Å². The van der Waals surface area contributed by atoms with Crippen molar-refractivity contribution in [3.63, 3.8) is 0 Å². The number of aliphatic imine (C=N–C) groups is 1. The Morgan fingerprint density at radius 1 is 1.17 bits per heavy atom. The number of benzene rings is 2. The van der Waals surface area contributed by atoms with E-state index in [0.29, 0.717) is 22.1 Å². The van der Waals surface area contributed by atoms with Crippen LogP contribution in [0.25, 0.3) is 0 Å². The number of thiophene rings is 1. The van der Waals surface area contributed by atoms with Crippen LogP contribution in [0, 0.1) is 13.8 Å². The molecule has 1 aromatic heterocycles. The first kappa shape index (κ1) is 20.3. The van der Waals surface area contributed by atoms with E-state index in [1.165, 1.54) is 4.90 Å². The second-order valence-electron chi connectivity index (χ2n) is 7.17. The Hall–Kier alpha value is -2.96. The average molecular weight is 438 g/mol. The second kappa shape index (κ2) is 8.42. The molecule has 2 heterocycles. The van der Waals surface area contributed by atoms with Gasteiger partial charge in [-0.25, -0.2) is 4.99 Å². The van der Waals surface area contributed by atoms with Crippen LogP contribution in [-0.2, 0) is 9.59 Å². The van der Waals surface area contributed by atoms with Gasteiger partial charge in [-0.15, -0.1) is 11.3 Å². The van der Waals surface area contributed by atoms with Crippen molar-refractivity contribution in [2.75, 3.05) is 16.8 Å². The van der Waals surface area contributed by atoms with E-state index in [2.05, 4.69) is 5.32 Å². The molecule has 30 heavy (non-hydrogen) atoms. The molecule has 1 aliphatic rings. The number of nitrogens with one attached hydrogen (secondary N) is 1. The molecule has 0 unspecified atom stereocenters. The van der Waals surface area contributed by atoms with E-state index >= 15 is 0 Å². The Kier molecular flexibility index (Phi) is 5.70. The topological polar surface area (TPSA) is 61.8 Å². The molecule has 5 nitrogen and oxygen atoms in total. The lowest BCUT2D eigenvalue weighted by atomic mass is 10.1. The third-order valence-electron chi connectivity index (χ3n) is 4.99. The summed E-state index contributed by atoms with van der Waals surface area (Å²) in [7, 11) is 0. The standard InChI is InChI=1S/C23H20ClN3O2S/c1-14-10-18-20(11-15(14)2)27(13-22(28)25-17-7-5-16(24)6-8-17)23(29)12-19(26-18)21-4-3-9-30-21/h3-11H,12-13H2,1-2H3,(H,25,28). The van der Waals surface area contributed by atoms with E-state index in [1.54, 1.807) is 35.6 Å². The van der Waals surface area contributed by atoms with E-state index < -0.39 is 0 Å². The Morgan fingerprint density at radius 2 is 1.90 bits per heavy atom. The number of hydrogen-bond acceptors (Lipinski definition) is 4. The zero-order valence-electron chi connectivity index (χ0n) is 16.6. The van der Waals surface area contributed by atoms with Crippen molar-refractivity contribution >= 4 is 57.5 Å². The molecule has 7 heteroatoms. The fourth-order valence-corrected chi connectivity index (χ4v) is 4.13. The van der Waals surface area contributed by atoms with Crippen molar-refractivity contribution in [2.45, 2.75) is 20.3 Å². The molecule has 1 aliphatic heterocycles. The van der Waals surface area contributed by atoms with Gasteiger partial charge < -0.3 is 10.2 Å². The molecule has 3 aromatic rings. The van der Waals surface area contributed by atoms with Crippen LogP contribution in [0.5, 0.6) is 0 Å². The van der Waals surface area contributed by atoms with Crippen molar-refractivity contribution in [3.8, 4) is 0 Å². The third-order valence-corrected chi connectivity index (χ3v) is 6.16. The molecule has 2 aromatic carbocycles. The fraction of sp³-hybridized carbons (Fsp3) is 0.174. The van der Waals surface area contributed by atoms with Gasteiger partial charge in [0.15, 0.2) is 0 Å². The maximum absolute atomic E-state index is 13.2.